The molecule has 0 heterocycles. The van der Waals surface area contributed by atoms with Gasteiger partial charge in [0.1, 0.15) is 6.04 Å². The van der Waals surface area contributed by atoms with E-state index in [-0.39, 0.29) is 36.4 Å². The van der Waals surface area contributed by atoms with Gasteiger partial charge in [0.2, 0.25) is 5.91 Å². The van der Waals surface area contributed by atoms with Crippen molar-refractivity contribution in [3.8, 4) is 0 Å². The molecule has 4 aliphatic carbocycles. The molecular formula is C19H31N3O4. The summed E-state index contributed by atoms with van der Waals surface area (Å²) in [5, 5.41) is 17.6. The van der Waals surface area contributed by atoms with E-state index in [1.54, 1.807) is 13.8 Å². The molecular weight excluding hydrogens is 334 g/mol. The number of carbonyl (C=O) groups excluding carboxylic acids is 2. The van der Waals surface area contributed by atoms with E-state index in [9.17, 15) is 14.4 Å². The first-order valence-corrected chi connectivity index (χ1v) is 9.84. The molecule has 0 unspecified atom stereocenters. The summed E-state index contributed by atoms with van der Waals surface area (Å²) in [6.45, 7) is 3.70. The van der Waals surface area contributed by atoms with Gasteiger partial charge in [-0.25, -0.2) is 9.59 Å². The van der Waals surface area contributed by atoms with Crippen LogP contribution in [0.2, 0.25) is 0 Å². The lowest BCUT2D eigenvalue weighted by atomic mass is 9.53. The Balaban J connectivity index is 1.41. The molecule has 26 heavy (non-hydrogen) atoms. The van der Waals surface area contributed by atoms with Crippen molar-refractivity contribution < 1.29 is 19.5 Å². The van der Waals surface area contributed by atoms with Crippen molar-refractivity contribution in [1.82, 2.24) is 16.0 Å². The maximum Gasteiger partial charge on any atom is 0.326 e. The Morgan fingerprint density at radius 2 is 1.58 bits per heavy atom. The second-order valence-electron chi connectivity index (χ2n) is 8.96. The van der Waals surface area contributed by atoms with E-state index in [4.69, 9.17) is 5.11 Å². The third-order valence-electron chi connectivity index (χ3n) is 6.30. The van der Waals surface area contributed by atoms with Crippen LogP contribution in [0.1, 0.15) is 58.8 Å². The summed E-state index contributed by atoms with van der Waals surface area (Å²) in [5.74, 6) is 0.690. The van der Waals surface area contributed by atoms with Crippen LogP contribution in [0.15, 0.2) is 0 Å². The number of aliphatic carboxylic acids is 1. The summed E-state index contributed by atoms with van der Waals surface area (Å²) in [5.41, 5.74) is -0.0485. The summed E-state index contributed by atoms with van der Waals surface area (Å²) in [6.07, 6.45) is 7.30. The maximum absolute atomic E-state index is 12.3. The van der Waals surface area contributed by atoms with E-state index in [0.29, 0.717) is 0 Å². The van der Waals surface area contributed by atoms with Crippen molar-refractivity contribution >= 4 is 17.9 Å². The van der Waals surface area contributed by atoms with E-state index in [2.05, 4.69) is 16.0 Å². The van der Waals surface area contributed by atoms with Crippen molar-refractivity contribution in [3.63, 3.8) is 0 Å². The largest absolute Gasteiger partial charge is 0.480 e. The molecule has 7 nitrogen and oxygen atoms in total. The fraction of sp³-hybridized carbons (Fsp3) is 0.842. The molecule has 4 saturated carbocycles. The van der Waals surface area contributed by atoms with Gasteiger partial charge in [0.25, 0.3) is 0 Å². The van der Waals surface area contributed by atoms with Crippen LogP contribution < -0.4 is 16.0 Å². The van der Waals surface area contributed by atoms with Gasteiger partial charge in [-0.1, -0.05) is 13.8 Å². The zero-order chi connectivity index (χ0) is 18.9. The number of hydrogen-bond donors (Lipinski definition) is 4. The van der Waals surface area contributed by atoms with Crippen molar-refractivity contribution in [1.29, 1.82) is 0 Å². The van der Waals surface area contributed by atoms with Gasteiger partial charge in [-0.15, -0.1) is 0 Å². The first kappa shape index (κ1) is 19.0. The van der Waals surface area contributed by atoms with Gasteiger partial charge >= 0.3 is 12.0 Å². The summed E-state index contributed by atoms with van der Waals surface area (Å²) in [4.78, 5) is 35.3. The number of carbonyl (C=O) groups is 3. The average molecular weight is 365 g/mol. The lowest BCUT2D eigenvalue weighted by Crippen LogP contribution is -2.61. The van der Waals surface area contributed by atoms with Gasteiger partial charge in [-0.05, 0) is 62.2 Å². The van der Waals surface area contributed by atoms with E-state index in [1.807, 2.05) is 0 Å². The average Bonchev–Trinajstić information content (AvgIpc) is 2.50. The van der Waals surface area contributed by atoms with Gasteiger partial charge in [0, 0.05) is 18.5 Å². The number of nitrogens with one attached hydrogen (secondary N) is 3. The second-order valence-corrected chi connectivity index (χ2v) is 8.96. The van der Waals surface area contributed by atoms with Crippen LogP contribution in [-0.4, -0.2) is 41.1 Å². The minimum atomic E-state index is -1.04. The summed E-state index contributed by atoms with van der Waals surface area (Å²) < 4.78 is 0. The Morgan fingerprint density at radius 3 is 2.04 bits per heavy atom. The van der Waals surface area contributed by atoms with E-state index in [0.717, 1.165) is 37.0 Å². The highest BCUT2D eigenvalue weighted by Crippen LogP contribution is 2.55. The molecule has 0 aliphatic heterocycles. The molecule has 0 aromatic heterocycles. The van der Waals surface area contributed by atoms with Crippen molar-refractivity contribution in [2.75, 3.05) is 6.54 Å². The highest BCUT2D eigenvalue weighted by molar-refractivity contribution is 5.84. The topological polar surface area (TPSA) is 108 Å². The molecule has 4 fully saturated rings. The fourth-order valence-electron chi connectivity index (χ4n) is 5.60. The Hall–Kier alpha value is -1.79. The predicted octanol–water partition coefficient (Wildman–Crippen LogP) is 1.87. The highest BCUT2D eigenvalue weighted by Gasteiger charge is 2.51. The zero-order valence-electron chi connectivity index (χ0n) is 15.7. The first-order valence-electron chi connectivity index (χ1n) is 9.84. The van der Waals surface area contributed by atoms with Crippen molar-refractivity contribution in [2.24, 2.45) is 23.7 Å². The summed E-state index contributed by atoms with van der Waals surface area (Å²) in [6, 6.07) is -1.11. The fourth-order valence-corrected chi connectivity index (χ4v) is 5.60. The zero-order valence-corrected chi connectivity index (χ0v) is 15.7. The number of amides is 3. The lowest BCUT2D eigenvalue weighted by Gasteiger charge is -2.56. The van der Waals surface area contributed by atoms with E-state index in [1.165, 1.54) is 19.3 Å². The normalized spacial score (nSPS) is 33.0. The van der Waals surface area contributed by atoms with Crippen molar-refractivity contribution in [2.45, 2.75) is 70.4 Å². The smallest absolute Gasteiger partial charge is 0.326 e. The predicted molar refractivity (Wildman–Crippen MR) is 96.5 cm³/mol. The quantitative estimate of drug-likeness (QED) is 0.552. The van der Waals surface area contributed by atoms with Gasteiger partial charge < -0.3 is 21.1 Å². The van der Waals surface area contributed by atoms with E-state index < -0.39 is 12.0 Å². The minimum Gasteiger partial charge on any atom is -0.480 e. The molecule has 4 rings (SSSR count). The van der Waals surface area contributed by atoms with Gasteiger partial charge in [0.15, 0.2) is 0 Å². The molecule has 146 valence electrons. The second kappa shape index (κ2) is 7.45. The van der Waals surface area contributed by atoms with Crippen LogP contribution in [0.3, 0.4) is 0 Å². The van der Waals surface area contributed by atoms with Crippen LogP contribution in [0.5, 0.6) is 0 Å². The number of carboxylic acid groups (broad SMARTS) is 1. The molecule has 1 atom stereocenters. The molecule has 4 bridgehead atoms. The van der Waals surface area contributed by atoms with Gasteiger partial charge in [0.05, 0.1) is 0 Å². The standard InChI is InChI=1S/C19H31N3O4/c1-11(2)16(17(24)25)21-15(23)3-4-20-18(26)22-19-8-12-5-13(9-19)7-14(6-12)10-19/h11-14,16H,3-10H2,1-2H3,(H,21,23)(H,24,25)(H2,20,22,26)/t12?,13?,14?,16-,19?/m0/s1. The third kappa shape index (κ3) is 4.30. The SMILES string of the molecule is CC(C)[C@H](NC(=O)CCNC(=O)NC12CC3CC(CC(C3)C1)C2)C(=O)O. The Kier molecular flexibility index (Phi) is 5.44. The number of hydrogen-bond acceptors (Lipinski definition) is 3. The van der Waals surface area contributed by atoms with Gasteiger partial charge in [-0.3, -0.25) is 4.79 Å². The van der Waals surface area contributed by atoms with E-state index >= 15 is 0 Å². The van der Waals surface area contributed by atoms with Crippen LogP contribution in [0, 0.1) is 23.7 Å². The molecule has 0 spiro atoms. The maximum atomic E-state index is 12.3. The highest BCUT2D eigenvalue weighted by atomic mass is 16.4. The molecule has 0 radical (unpaired) electrons. The summed E-state index contributed by atoms with van der Waals surface area (Å²) in [7, 11) is 0. The minimum absolute atomic E-state index is 0.0485. The number of carboxylic acids is 1. The molecule has 4 aliphatic rings. The monoisotopic (exact) mass is 365 g/mol. The van der Waals surface area contributed by atoms with Crippen LogP contribution in [-0.2, 0) is 9.59 Å². The molecule has 0 saturated heterocycles. The molecule has 0 aromatic rings. The Bertz CT molecular complexity index is 540. The molecule has 7 heteroatoms. The lowest BCUT2D eigenvalue weighted by molar-refractivity contribution is -0.143. The molecule has 4 N–H and O–H groups in total. The van der Waals surface area contributed by atoms with Crippen molar-refractivity contribution in [3.05, 3.63) is 0 Å². The molecule has 3 amide bonds. The Morgan fingerprint density at radius 1 is 1.04 bits per heavy atom. The van der Waals surface area contributed by atoms with Crippen LogP contribution in [0.4, 0.5) is 4.79 Å². The van der Waals surface area contributed by atoms with Gasteiger partial charge in [-0.2, -0.15) is 0 Å². The number of rotatable bonds is 7. The first-order chi connectivity index (χ1) is 12.3. The summed E-state index contributed by atoms with van der Waals surface area (Å²) >= 11 is 0. The van der Waals surface area contributed by atoms with Crippen LogP contribution >= 0.6 is 0 Å². The number of urea groups is 1. The molecule has 0 aromatic carbocycles. The third-order valence-corrected chi connectivity index (χ3v) is 6.30. The van der Waals surface area contributed by atoms with Crippen LogP contribution in [0.25, 0.3) is 0 Å². The Labute approximate surface area is 154 Å².